The number of benzene rings is 2. The van der Waals surface area contributed by atoms with Gasteiger partial charge in [0.1, 0.15) is 28.9 Å². The molecule has 0 saturated carbocycles. The summed E-state index contributed by atoms with van der Waals surface area (Å²) in [6.07, 6.45) is 4.69. The van der Waals surface area contributed by atoms with Gasteiger partial charge in [-0.05, 0) is 42.8 Å². The van der Waals surface area contributed by atoms with Crippen molar-refractivity contribution in [1.29, 1.82) is 0 Å². The minimum atomic E-state index is -2.71. The van der Waals surface area contributed by atoms with Gasteiger partial charge in [0.25, 0.3) is 5.92 Å². The molecule has 1 aliphatic heterocycles. The topological polar surface area (TPSA) is 93.9 Å². The van der Waals surface area contributed by atoms with E-state index >= 15 is 0 Å². The molecule has 1 N–H and O–H groups in total. The number of nitrogens with one attached hydrogen (secondary N) is 1. The predicted molar refractivity (Wildman–Crippen MR) is 128 cm³/mol. The molecule has 4 heterocycles. The predicted octanol–water partition coefficient (Wildman–Crippen LogP) is 4.61. The summed E-state index contributed by atoms with van der Waals surface area (Å²) in [7, 11) is 1.95. The summed E-state index contributed by atoms with van der Waals surface area (Å²) in [6, 6.07) is 11.5. The van der Waals surface area contributed by atoms with Crippen molar-refractivity contribution in [2.24, 2.45) is 7.05 Å². The molecule has 1 saturated heterocycles. The average Bonchev–Trinajstić information content (AvgIpc) is 3.19. The third kappa shape index (κ3) is 3.94. The fourth-order valence-corrected chi connectivity index (χ4v) is 4.03. The van der Waals surface area contributed by atoms with Crippen molar-refractivity contribution in [2.75, 3.05) is 23.3 Å². The fourth-order valence-electron chi connectivity index (χ4n) is 4.03. The van der Waals surface area contributed by atoms with Crippen LogP contribution in [0.25, 0.3) is 22.1 Å². The molecule has 0 amide bonds. The van der Waals surface area contributed by atoms with Crippen LogP contribution in [0.4, 0.5) is 26.2 Å². The highest BCUT2D eigenvalue weighted by Crippen LogP contribution is 2.33. The van der Waals surface area contributed by atoms with Gasteiger partial charge in [-0.25, -0.2) is 33.7 Å². The second-order valence-corrected chi connectivity index (χ2v) is 8.55. The largest absolute Gasteiger partial charge is 0.457 e. The molecule has 0 radical (unpaired) electrons. The Bertz CT molecular complexity index is 1580. The Morgan fingerprint density at radius 2 is 1.86 bits per heavy atom. The monoisotopic (exact) mass is 474 g/mol. The van der Waals surface area contributed by atoms with Crippen LogP contribution in [0, 0.1) is 6.92 Å². The zero-order valence-corrected chi connectivity index (χ0v) is 18.9. The van der Waals surface area contributed by atoms with Crippen LogP contribution >= 0.6 is 0 Å². The maximum atomic E-state index is 13.3. The summed E-state index contributed by atoms with van der Waals surface area (Å²) in [4.78, 5) is 22.9. The molecule has 5 aromatic rings. The SMILES string of the molecule is Cc1cc(Nc2ncnc3cnc(N4CC(F)(F)C4)nc23)ccc1Oc1ccc2c(c1)ncn2C. The van der Waals surface area contributed by atoms with E-state index in [1.54, 1.807) is 6.33 Å². The van der Waals surface area contributed by atoms with Gasteiger partial charge in [0.05, 0.1) is 36.6 Å². The number of ether oxygens (including phenoxy) is 1. The summed E-state index contributed by atoms with van der Waals surface area (Å²) in [5, 5.41) is 3.25. The average molecular weight is 474 g/mol. The molecular weight excluding hydrogens is 454 g/mol. The third-order valence-electron chi connectivity index (χ3n) is 5.85. The molecule has 9 nitrogen and oxygen atoms in total. The maximum Gasteiger partial charge on any atom is 0.282 e. The summed E-state index contributed by atoms with van der Waals surface area (Å²) in [6.45, 7) is 1.15. The Hall–Kier alpha value is -4.41. The highest BCUT2D eigenvalue weighted by Gasteiger charge is 2.45. The lowest BCUT2D eigenvalue weighted by Crippen LogP contribution is -2.57. The number of aryl methyl sites for hydroxylation is 2. The highest BCUT2D eigenvalue weighted by atomic mass is 19.3. The zero-order chi connectivity index (χ0) is 24.2. The van der Waals surface area contributed by atoms with E-state index in [1.165, 1.54) is 17.4 Å². The molecule has 176 valence electrons. The van der Waals surface area contributed by atoms with Gasteiger partial charge in [-0.15, -0.1) is 0 Å². The van der Waals surface area contributed by atoms with Crippen LogP contribution < -0.4 is 15.0 Å². The molecule has 3 aromatic heterocycles. The van der Waals surface area contributed by atoms with Crippen LogP contribution in [0.2, 0.25) is 0 Å². The molecule has 0 atom stereocenters. The van der Waals surface area contributed by atoms with Gasteiger partial charge in [0.2, 0.25) is 5.95 Å². The molecular formula is C24H20F2N8O. The lowest BCUT2D eigenvalue weighted by atomic mass is 10.2. The van der Waals surface area contributed by atoms with Crippen LogP contribution in [0.1, 0.15) is 5.56 Å². The number of imidazole rings is 1. The summed E-state index contributed by atoms with van der Waals surface area (Å²) in [5.41, 5.74) is 4.54. The van der Waals surface area contributed by atoms with Crippen LogP contribution in [0.3, 0.4) is 0 Å². The van der Waals surface area contributed by atoms with Crippen LogP contribution in [-0.2, 0) is 7.05 Å². The Labute approximate surface area is 198 Å². The Morgan fingerprint density at radius 3 is 2.66 bits per heavy atom. The minimum Gasteiger partial charge on any atom is -0.457 e. The molecule has 0 aliphatic carbocycles. The minimum absolute atomic E-state index is 0.228. The van der Waals surface area contributed by atoms with E-state index < -0.39 is 19.0 Å². The van der Waals surface area contributed by atoms with Gasteiger partial charge >= 0.3 is 0 Å². The first-order chi connectivity index (χ1) is 16.8. The summed E-state index contributed by atoms with van der Waals surface area (Å²) >= 11 is 0. The van der Waals surface area contributed by atoms with E-state index in [0.717, 1.165) is 22.3 Å². The zero-order valence-electron chi connectivity index (χ0n) is 18.9. The first-order valence-corrected chi connectivity index (χ1v) is 10.9. The van der Waals surface area contributed by atoms with Crippen molar-refractivity contribution in [3.63, 3.8) is 0 Å². The molecule has 0 spiro atoms. The van der Waals surface area contributed by atoms with Crippen molar-refractivity contribution in [1.82, 2.24) is 29.5 Å². The number of hydrogen-bond acceptors (Lipinski definition) is 8. The number of fused-ring (bicyclic) bond motifs is 2. The van der Waals surface area contributed by atoms with E-state index in [1.807, 2.05) is 54.9 Å². The number of rotatable bonds is 5. The molecule has 2 aromatic carbocycles. The summed E-state index contributed by atoms with van der Waals surface area (Å²) < 4.78 is 34.6. The number of alkyl halides is 2. The lowest BCUT2D eigenvalue weighted by Gasteiger charge is -2.38. The molecule has 6 rings (SSSR count). The fraction of sp³-hybridized carbons (Fsp3) is 0.208. The van der Waals surface area contributed by atoms with E-state index in [9.17, 15) is 8.78 Å². The summed E-state index contributed by atoms with van der Waals surface area (Å²) in [5.74, 6) is -0.618. The number of hydrogen-bond donors (Lipinski definition) is 1. The molecule has 11 heteroatoms. The normalized spacial score (nSPS) is 14.8. The van der Waals surface area contributed by atoms with E-state index in [4.69, 9.17) is 4.74 Å². The standard InChI is InChI=1S/C24H20F2N8O/c1-14-7-15(3-6-20(14)35-16-4-5-19-17(8-16)30-13-33(19)2)31-22-21-18(28-12-29-22)9-27-23(32-21)34-10-24(25,26)11-34/h3-9,12-13H,10-11H2,1-2H3,(H,28,29,31). The van der Waals surface area contributed by atoms with Crippen molar-refractivity contribution in [2.45, 2.75) is 12.8 Å². The molecule has 35 heavy (non-hydrogen) atoms. The quantitative estimate of drug-likeness (QED) is 0.395. The second kappa shape index (κ2) is 7.83. The van der Waals surface area contributed by atoms with Gasteiger partial charge in [0, 0.05) is 18.8 Å². The smallest absolute Gasteiger partial charge is 0.282 e. The van der Waals surface area contributed by atoms with Crippen LogP contribution in [0.5, 0.6) is 11.5 Å². The maximum absolute atomic E-state index is 13.3. The van der Waals surface area contributed by atoms with Crippen molar-refractivity contribution in [3.8, 4) is 11.5 Å². The first kappa shape index (κ1) is 21.1. The van der Waals surface area contributed by atoms with Gasteiger partial charge in [0.15, 0.2) is 5.82 Å². The van der Waals surface area contributed by atoms with E-state index in [0.29, 0.717) is 28.4 Å². The number of halogens is 2. The third-order valence-corrected chi connectivity index (χ3v) is 5.85. The van der Waals surface area contributed by atoms with Crippen LogP contribution in [-0.4, -0.2) is 48.5 Å². The first-order valence-electron chi connectivity index (χ1n) is 10.9. The van der Waals surface area contributed by atoms with Crippen LogP contribution in [0.15, 0.2) is 55.2 Å². The van der Waals surface area contributed by atoms with Crippen molar-refractivity contribution >= 4 is 39.5 Å². The molecule has 1 aliphatic rings. The number of aromatic nitrogens is 6. The van der Waals surface area contributed by atoms with Gasteiger partial charge < -0.3 is 19.5 Å². The van der Waals surface area contributed by atoms with E-state index in [-0.39, 0.29) is 5.95 Å². The van der Waals surface area contributed by atoms with Gasteiger partial charge in [-0.3, -0.25) is 0 Å². The molecule has 0 bridgehead atoms. The van der Waals surface area contributed by atoms with Gasteiger partial charge in [-0.2, -0.15) is 0 Å². The lowest BCUT2D eigenvalue weighted by molar-refractivity contribution is -0.0271. The Morgan fingerprint density at radius 1 is 1.00 bits per heavy atom. The molecule has 0 unspecified atom stereocenters. The van der Waals surface area contributed by atoms with Gasteiger partial charge in [-0.1, -0.05) is 0 Å². The number of nitrogens with zero attached hydrogens (tertiary/aromatic N) is 7. The van der Waals surface area contributed by atoms with E-state index in [2.05, 4.69) is 30.2 Å². The Balaban J connectivity index is 1.24. The number of anilines is 3. The van der Waals surface area contributed by atoms with Crippen molar-refractivity contribution in [3.05, 3.63) is 60.8 Å². The Kier molecular flexibility index (Phi) is 4.73. The van der Waals surface area contributed by atoms with Crippen molar-refractivity contribution < 1.29 is 13.5 Å². The second-order valence-electron chi connectivity index (χ2n) is 8.55. The highest BCUT2D eigenvalue weighted by molar-refractivity contribution is 5.87. The molecule has 1 fully saturated rings.